The van der Waals surface area contributed by atoms with Gasteiger partial charge in [0.25, 0.3) is 0 Å². The summed E-state index contributed by atoms with van der Waals surface area (Å²) in [5.41, 5.74) is 0.936. The maximum Gasteiger partial charge on any atom is 0.142 e. The van der Waals surface area contributed by atoms with Crippen LogP contribution in [0.3, 0.4) is 0 Å². The van der Waals surface area contributed by atoms with Crippen LogP contribution in [-0.2, 0) is 6.54 Å². The predicted octanol–water partition coefficient (Wildman–Crippen LogP) is 3.44. The minimum Gasteiger partial charge on any atom is -0.311 e. The van der Waals surface area contributed by atoms with Gasteiger partial charge in [0.05, 0.1) is 5.02 Å². The minimum absolute atomic E-state index is 0.185. The van der Waals surface area contributed by atoms with Gasteiger partial charge in [-0.1, -0.05) is 30.5 Å². The van der Waals surface area contributed by atoms with Gasteiger partial charge >= 0.3 is 0 Å². The molecule has 1 fully saturated rings. The number of benzene rings is 1. The molecule has 1 saturated carbocycles. The second-order valence-electron chi connectivity index (χ2n) is 5.34. The average molecular weight is 285 g/mol. The van der Waals surface area contributed by atoms with Crippen LogP contribution < -0.4 is 5.32 Å². The molecule has 2 nitrogen and oxygen atoms in total. The molecule has 1 aromatic rings. The number of halogens is 2. The van der Waals surface area contributed by atoms with Gasteiger partial charge in [0.1, 0.15) is 5.82 Å². The summed E-state index contributed by atoms with van der Waals surface area (Å²) in [6.07, 6.45) is 5.40. The molecule has 4 heteroatoms. The van der Waals surface area contributed by atoms with E-state index in [2.05, 4.69) is 17.3 Å². The van der Waals surface area contributed by atoms with Crippen molar-refractivity contribution < 1.29 is 4.39 Å². The molecule has 2 rings (SSSR count). The van der Waals surface area contributed by atoms with Gasteiger partial charge in [-0.3, -0.25) is 0 Å². The molecule has 0 aliphatic heterocycles. The Morgan fingerprint density at radius 3 is 2.79 bits per heavy atom. The number of rotatable bonds is 6. The second-order valence-corrected chi connectivity index (χ2v) is 5.75. The van der Waals surface area contributed by atoms with E-state index in [-0.39, 0.29) is 10.8 Å². The van der Waals surface area contributed by atoms with Crippen molar-refractivity contribution in [1.82, 2.24) is 10.2 Å². The standard InChI is InChI=1S/C15H22ClFN2/c1-19(13-4-2-3-5-13)9-8-18-11-12-6-7-14(16)15(17)10-12/h6-7,10,13,18H,2-5,8-9,11H2,1H3. The molecule has 0 bridgehead atoms. The summed E-state index contributed by atoms with van der Waals surface area (Å²) in [5, 5.41) is 3.54. The van der Waals surface area contributed by atoms with E-state index in [0.717, 1.165) is 24.7 Å². The molecule has 0 atom stereocenters. The van der Waals surface area contributed by atoms with Gasteiger partial charge in [-0.15, -0.1) is 0 Å². The Balaban J connectivity index is 1.67. The zero-order chi connectivity index (χ0) is 13.7. The van der Waals surface area contributed by atoms with Gasteiger partial charge in [-0.2, -0.15) is 0 Å². The first-order valence-electron chi connectivity index (χ1n) is 7.01. The van der Waals surface area contributed by atoms with Crippen LogP contribution in [0.25, 0.3) is 0 Å². The van der Waals surface area contributed by atoms with E-state index in [9.17, 15) is 4.39 Å². The Morgan fingerprint density at radius 2 is 2.11 bits per heavy atom. The van der Waals surface area contributed by atoms with E-state index in [1.807, 2.05) is 6.07 Å². The molecule has 1 aliphatic rings. The zero-order valence-corrected chi connectivity index (χ0v) is 12.2. The molecule has 0 unspecified atom stereocenters. The van der Waals surface area contributed by atoms with E-state index >= 15 is 0 Å². The molecular formula is C15H22ClFN2. The quantitative estimate of drug-likeness (QED) is 0.805. The van der Waals surface area contributed by atoms with Crippen LogP contribution >= 0.6 is 11.6 Å². The molecular weight excluding hydrogens is 263 g/mol. The molecule has 0 spiro atoms. The lowest BCUT2D eigenvalue weighted by molar-refractivity contribution is 0.245. The molecule has 0 radical (unpaired) electrons. The molecule has 1 aromatic carbocycles. The Labute approximate surface area is 119 Å². The minimum atomic E-state index is -0.343. The van der Waals surface area contributed by atoms with Crippen molar-refractivity contribution in [3.8, 4) is 0 Å². The summed E-state index contributed by atoms with van der Waals surface area (Å²) in [6.45, 7) is 2.66. The number of nitrogens with one attached hydrogen (secondary N) is 1. The fourth-order valence-corrected chi connectivity index (χ4v) is 2.78. The number of hydrogen-bond acceptors (Lipinski definition) is 2. The first-order valence-corrected chi connectivity index (χ1v) is 7.39. The topological polar surface area (TPSA) is 15.3 Å². The van der Waals surface area contributed by atoms with Gasteiger partial charge < -0.3 is 10.2 Å². The average Bonchev–Trinajstić information content (AvgIpc) is 2.92. The fraction of sp³-hybridized carbons (Fsp3) is 0.600. The molecule has 106 valence electrons. The summed E-state index contributed by atoms with van der Waals surface area (Å²) in [6, 6.07) is 5.72. The zero-order valence-electron chi connectivity index (χ0n) is 11.5. The molecule has 1 aliphatic carbocycles. The largest absolute Gasteiger partial charge is 0.311 e. The van der Waals surface area contributed by atoms with E-state index < -0.39 is 0 Å². The Kier molecular flexibility index (Phi) is 5.61. The van der Waals surface area contributed by atoms with Gasteiger partial charge in [-0.05, 0) is 37.6 Å². The van der Waals surface area contributed by atoms with Crippen LogP contribution in [0.2, 0.25) is 5.02 Å². The van der Waals surface area contributed by atoms with Crippen molar-refractivity contribution in [1.29, 1.82) is 0 Å². The smallest absolute Gasteiger partial charge is 0.142 e. The van der Waals surface area contributed by atoms with Crippen LogP contribution in [0.4, 0.5) is 4.39 Å². The summed E-state index contributed by atoms with van der Waals surface area (Å²) in [5.74, 6) is -0.343. The van der Waals surface area contributed by atoms with Gasteiger partial charge in [0, 0.05) is 25.7 Å². The maximum atomic E-state index is 13.3. The predicted molar refractivity (Wildman–Crippen MR) is 78.0 cm³/mol. The molecule has 1 N–H and O–H groups in total. The lowest BCUT2D eigenvalue weighted by Gasteiger charge is -2.24. The van der Waals surface area contributed by atoms with E-state index in [0.29, 0.717) is 6.54 Å². The highest BCUT2D eigenvalue weighted by Crippen LogP contribution is 2.21. The van der Waals surface area contributed by atoms with Crippen LogP contribution in [0, 0.1) is 5.82 Å². The first kappa shape index (κ1) is 14.8. The van der Waals surface area contributed by atoms with E-state index in [4.69, 9.17) is 11.6 Å². The summed E-state index contributed by atoms with van der Waals surface area (Å²) < 4.78 is 13.3. The Hall–Kier alpha value is -0.640. The summed E-state index contributed by atoms with van der Waals surface area (Å²) >= 11 is 5.65. The fourth-order valence-electron chi connectivity index (χ4n) is 2.67. The van der Waals surface area contributed by atoms with Gasteiger partial charge in [0.15, 0.2) is 0 Å². The molecule has 0 saturated heterocycles. The van der Waals surface area contributed by atoms with Crippen molar-refractivity contribution in [2.24, 2.45) is 0 Å². The molecule has 0 heterocycles. The molecule has 19 heavy (non-hydrogen) atoms. The summed E-state index contributed by atoms with van der Waals surface area (Å²) in [4.78, 5) is 2.43. The van der Waals surface area contributed by atoms with E-state index in [1.54, 1.807) is 6.07 Å². The van der Waals surface area contributed by atoms with E-state index in [1.165, 1.54) is 31.7 Å². The van der Waals surface area contributed by atoms with Crippen molar-refractivity contribution >= 4 is 11.6 Å². The normalized spacial score (nSPS) is 16.4. The van der Waals surface area contributed by atoms with Crippen molar-refractivity contribution in [3.63, 3.8) is 0 Å². The third-order valence-corrected chi connectivity index (χ3v) is 4.21. The lowest BCUT2D eigenvalue weighted by atomic mass is 10.2. The van der Waals surface area contributed by atoms with Crippen LogP contribution in [0.15, 0.2) is 18.2 Å². The third kappa shape index (κ3) is 4.44. The molecule has 0 amide bonds. The Bertz CT molecular complexity index is 405. The SMILES string of the molecule is CN(CCNCc1ccc(Cl)c(F)c1)C1CCCC1. The molecule has 0 aromatic heterocycles. The van der Waals surface area contributed by atoms with Crippen LogP contribution in [0.5, 0.6) is 0 Å². The second kappa shape index (κ2) is 7.22. The van der Waals surface area contributed by atoms with Gasteiger partial charge in [0.2, 0.25) is 0 Å². The first-order chi connectivity index (χ1) is 9.16. The monoisotopic (exact) mass is 284 g/mol. The van der Waals surface area contributed by atoms with Crippen LogP contribution in [-0.4, -0.2) is 31.1 Å². The number of nitrogens with zero attached hydrogens (tertiary/aromatic N) is 1. The Morgan fingerprint density at radius 1 is 1.37 bits per heavy atom. The number of likely N-dealkylation sites (N-methyl/N-ethyl adjacent to an activating group) is 1. The maximum absolute atomic E-state index is 13.3. The van der Waals surface area contributed by atoms with Crippen molar-refractivity contribution in [3.05, 3.63) is 34.6 Å². The van der Waals surface area contributed by atoms with Crippen molar-refractivity contribution in [2.75, 3.05) is 20.1 Å². The van der Waals surface area contributed by atoms with Gasteiger partial charge in [-0.25, -0.2) is 4.39 Å². The summed E-state index contributed by atoms with van der Waals surface area (Å²) in [7, 11) is 2.19. The number of hydrogen-bond donors (Lipinski definition) is 1. The third-order valence-electron chi connectivity index (χ3n) is 3.90. The lowest BCUT2D eigenvalue weighted by Crippen LogP contribution is -2.35. The highest BCUT2D eigenvalue weighted by molar-refractivity contribution is 6.30. The highest BCUT2D eigenvalue weighted by atomic mass is 35.5. The highest BCUT2D eigenvalue weighted by Gasteiger charge is 2.18. The van der Waals surface area contributed by atoms with Crippen LogP contribution in [0.1, 0.15) is 31.2 Å². The van der Waals surface area contributed by atoms with Crippen molar-refractivity contribution in [2.45, 2.75) is 38.3 Å².